The van der Waals surface area contributed by atoms with E-state index < -0.39 is 26.3 Å². The van der Waals surface area contributed by atoms with E-state index in [2.05, 4.69) is 10.2 Å². The molecule has 1 aromatic rings. The highest BCUT2D eigenvalue weighted by Gasteiger charge is 2.26. The molecule has 14 heavy (non-hydrogen) atoms. The van der Waals surface area contributed by atoms with Crippen LogP contribution < -0.4 is 0 Å². The molecule has 0 N–H and O–H groups in total. The lowest BCUT2D eigenvalue weighted by Gasteiger charge is -2.01. The summed E-state index contributed by atoms with van der Waals surface area (Å²) in [4.78, 5) is 0. The summed E-state index contributed by atoms with van der Waals surface area (Å²) in [6.45, 7) is 3.14. The van der Waals surface area contributed by atoms with Crippen LogP contribution in [0.3, 0.4) is 0 Å². The Morgan fingerprint density at radius 3 is 2.36 bits per heavy atom. The van der Waals surface area contributed by atoms with Crippen molar-refractivity contribution in [3.63, 3.8) is 0 Å². The topological polar surface area (TPSA) is 83.0 Å². The Balaban J connectivity index is 3.10. The Morgan fingerprint density at radius 2 is 2.00 bits per heavy atom. The maximum atomic E-state index is 11.6. The van der Waals surface area contributed by atoms with Crippen molar-refractivity contribution in [2.24, 2.45) is 0 Å². The number of sulfone groups is 1. The Kier molecular flexibility index (Phi) is 3.51. The first-order valence-electron chi connectivity index (χ1n) is 3.76. The first-order chi connectivity index (χ1) is 6.35. The molecule has 5 nitrogen and oxygen atoms in total. The van der Waals surface area contributed by atoms with Gasteiger partial charge in [0.25, 0.3) is 0 Å². The Bertz CT molecular complexity index is 410. The molecule has 80 valence electrons. The lowest BCUT2D eigenvalue weighted by atomic mass is 10.6. The molecule has 1 rings (SSSR count). The van der Waals surface area contributed by atoms with E-state index in [9.17, 15) is 13.0 Å². The van der Waals surface area contributed by atoms with Crippen LogP contribution in [0.1, 0.15) is 13.8 Å². The van der Waals surface area contributed by atoms with E-state index >= 15 is 0 Å². The summed E-state index contributed by atoms with van der Waals surface area (Å²) in [5.74, 6) is 0. The summed E-state index contributed by atoms with van der Waals surface area (Å²) in [5, 5.41) is 6.54. The van der Waals surface area contributed by atoms with Crippen molar-refractivity contribution < 1.29 is 13.0 Å². The van der Waals surface area contributed by atoms with E-state index in [1.165, 1.54) is 6.26 Å². The van der Waals surface area contributed by atoms with Crippen LogP contribution in [0.4, 0.5) is 0 Å². The van der Waals surface area contributed by atoms with Gasteiger partial charge in [0.15, 0.2) is 0 Å². The fourth-order valence-electron chi connectivity index (χ4n) is 0.630. The van der Waals surface area contributed by atoms with Gasteiger partial charge in [0.05, 0.1) is 5.25 Å². The van der Waals surface area contributed by atoms with E-state index in [1.54, 1.807) is 13.8 Å². The van der Waals surface area contributed by atoms with E-state index in [0.29, 0.717) is 0 Å². The van der Waals surface area contributed by atoms with E-state index in [1.807, 2.05) is 0 Å². The van der Waals surface area contributed by atoms with Gasteiger partial charge in [-0.25, -0.2) is 8.42 Å². The summed E-state index contributed by atoms with van der Waals surface area (Å²) >= 11 is -0.410. The third-order valence-corrected chi connectivity index (χ3v) is 6.29. The van der Waals surface area contributed by atoms with Crippen molar-refractivity contribution >= 4 is 32.3 Å². The Morgan fingerprint density at radius 1 is 1.43 bits per heavy atom. The van der Waals surface area contributed by atoms with E-state index in [0.717, 1.165) is 11.3 Å². The maximum absolute atomic E-state index is 11.6. The SMILES string of the molecule is CC(C)S(=O)(=O)c1nnc([S+](C)[O-])s1. The van der Waals surface area contributed by atoms with Crippen molar-refractivity contribution in [1.82, 2.24) is 10.2 Å². The van der Waals surface area contributed by atoms with Gasteiger partial charge in [-0.3, -0.25) is 0 Å². The molecule has 0 amide bonds. The van der Waals surface area contributed by atoms with Crippen LogP contribution >= 0.6 is 11.3 Å². The molecule has 1 unspecified atom stereocenters. The van der Waals surface area contributed by atoms with Crippen LogP contribution in [0.2, 0.25) is 0 Å². The molecule has 0 aliphatic carbocycles. The van der Waals surface area contributed by atoms with Crippen LogP contribution in [0, 0.1) is 0 Å². The van der Waals surface area contributed by atoms with Crippen LogP contribution in [0.15, 0.2) is 8.68 Å². The Hall–Kier alpha value is -0.180. The first kappa shape index (κ1) is 11.9. The maximum Gasteiger partial charge on any atom is 0.322 e. The minimum atomic E-state index is -3.38. The van der Waals surface area contributed by atoms with Gasteiger partial charge in [0, 0.05) is 11.2 Å². The van der Waals surface area contributed by atoms with Crippen LogP contribution in [-0.4, -0.2) is 34.7 Å². The molecule has 0 fully saturated rings. The first-order valence-corrected chi connectivity index (χ1v) is 7.68. The second-order valence-electron chi connectivity index (χ2n) is 2.88. The molecule has 0 spiro atoms. The molecule has 0 aliphatic heterocycles. The van der Waals surface area contributed by atoms with Crippen LogP contribution in [-0.2, 0) is 21.0 Å². The molecule has 0 saturated heterocycles. The lowest BCUT2D eigenvalue weighted by Crippen LogP contribution is -2.13. The highest BCUT2D eigenvalue weighted by Crippen LogP contribution is 2.22. The van der Waals surface area contributed by atoms with E-state index in [4.69, 9.17) is 0 Å². The monoisotopic (exact) mass is 254 g/mol. The summed E-state index contributed by atoms with van der Waals surface area (Å²) in [6, 6.07) is 0. The van der Waals surface area contributed by atoms with Gasteiger partial charge in [-0.2, -0.15) is 0 Å². The minimum Gasteiger partial charge on any atom is -0.610 e. The third-order valence-electron chi connectivity index (χ3n) is 1.50. The molecular formula is C6H10N2O3S3. The zero-order chi connectivity index (χ0) is 10.9. The quantitative estimate of drug-likeness (QED) is 0.732. The van der Waals surface area contributed by atoms with Gasteiger partial charge in [0.2, 0.25) is 14.2 Å². The van der Waals surface area contributed by atoms with Gasteiger partial charge >= 0.3 is 4.34 Å². The molecule has 8 heteroatoms. The Labute approximate surface area is 89.7 Å². The fraction of sp³-hybridized carbons (Fsp3) is 0.667. The molecule has 1 aromatic heterocycles. The number of aromatic nitrogens is 2. The molecule has 1 atom stereocenters. The predicted molar refractivity (Wildman–Crippen MR) is 54.6 cm³/mol. The van der Waals surface area contributed by atoms with Gasteiger partial charge in [-0.1, -0.05) is 5.10 Å². The predicted octanol–water partition coefficient (Wildman–Crippen LogP) is 0.458. The number of hydrogen-bond donors (Lipinski definition) is 0. The van der Waals surface area contributed by atoms with Crippen molar-refractivity contribution in [3.8, 4) is 0 Å². The van der Waals surface area contributed by atoms with Gasteiger partial charge < -0.3 is 4.55 Å². The minimum absolute atomic E-state index is 0.0577. The number of rotatable bonds is 3. The summed E-state index contributed by atoms with van der Waals surface area (Å²) in [7, 11) is -3.38. The standard InChI is InChI=1S/C6H10N2O3S3/c1-4(2)14(10,11)6-8-7-5(12-6)13(3)9/h4H,1-3H3. The highest BCUT2D eigenvalue weighted by molar-refractivity contribution is 7.95. The van der Waals surface area contributed by atoms with Gasteiger partial charge in [0.1, 0.15) is 6.26 Å². The second kappa shape index (κ2) is 4.13. The molecule has 0 saturated carbocycles. The molecule has 0 aliphatic rings. The second-order valence-corrected chi connectivity index (χ2v) is 8.09. The van der Waals surface area contributed by atoms with Crippen molar-refractivity contribution in [2.75, 3.05) is 6.26 Å². The van der Waals surface area contributed by atoms with Gasteiger partial charge in [-0.15, -0.1) is 5.10 Å². The summed E-state index contributed by atoms with van der Waals surface area (Å²) in [5.41, 5.74) is 0. The smallest absolute Gasteiger partial charge is 0.322 e. The highest BCUT2D eigenvalue weighted by atomic mass is 32.3. The van der Waals surface area contributed by atoms with E-state index in [-0.39, 0.29) is 8.68 Å². The van der Waals surface area contributed by atoms with Crippen molar-refractivity contribution in [2.45, 2.75) is 27.8 Å². The van der Waals surface area contributed by atoms with Crippen molar-refractivity contribution in [1.29, 1.82) is 0 Å². The average molecular weight is 254 g/mol. The fourth-order valence-corrected chi connectivity index (χ4v) is 3.80. The number of hydrogen-bond acceptors (Lipinski definition) is 6. The molecular weight excluding hydrogens is 244 g/mol. The molecule has 0 aromatic carbocycles. The lowest BCUT2D eigenvalue weighted by molar-refractivity contribution is 0.584. The zero-order valence-electron chi connectivity index (χ0n) is 7.92. The molecule has 0 bridgehead atoms. The zero-order valence-corrected chi connectivity index (χ0v) is 10.4. The van der Waals surface area contributed by atoms with Gasteiger partial charge in [-0.05, 0) is 25.2 Å². The summed E-state index contributed by atoms with van der Waals surface area (Å²) in [6.07, 6.45) is 1.44. The normalized spacial score (nSPS) is 14.6. The molecule has 1 heterocycles. The van der Waals surface area contributed by atoms with Crippen molar-refractivity contribution in [3.05, 3.63) is 0 Å². The van der Waals surface area contributed by atoms with Crippen LogP contribution in [0.25, 0.3) is 0 Å². The largest absolute Gasteiger partial charge is 0.610 e. The molecule has 0 radical (unpaired) electrons. The third kappa shape index (κ3) is 2.25. The average Bonchev–Trinajstić information content (AvgIpc) is 2.51. The van der Waals surface area contributed by atoms with Crippen LogP contribution in [0.5, 0.6) is 0 Å². The summed E-state index contributed by atoms with van der Waals surface area (Å²) < 4.78 is 34.3. The number of nitrogens with zero attached hydrogens (tertiary/aromatic N) is 2.